The molecule has 0 unspecified atom stereocenters. The van der Waals surface area contributed by atoms with Gasteiger partial charge in [0.1, 0.15) is 5.78 Å². The van der Waals surface area contributed by atoms with Crippen molar-refractivity contribution in [1.29, 1.82) is 0 Å². The molecule has 5 rings (SSSR count). The normalized spacial score (nSPS) is 54.1. The molecule has 5 aliphatic carbocycles. The van der Waals surface area contributed by atoms with Gasteiger partial charge in [0.15, 0.2) is 0 Å². The molecule has 0 aromatic rings. The van der Waals surface area contributed by atoms with Crippen LogP contribution in [0, 0.1) is 50.2 Å². The first-order valence-electron chi connectivity index (χ1n) is 13.6. The van der Waals surface area contributed by atoms with Crippen LogP contribution in [0.1, 0.15) is 113 Å². The Morgan fingerprint density at radius 2 is 1.53 bits per heavy atom. The Balaban J connectivity index is 1.54. The van der Waals surface area contributed by atoms with Gasteiger partial charge in [-0.3, -0.25) is 4.79 Å². The van der Waals surface area contributed by atoms with Crippen molar-refractivity contribution < 1.29 is 9.90 Å². The topological polar surface area (TPSA) is 37.3 Å². The zero-order valence-electron chi connectivity index (χ0n) is 21.9. The summed E-state index contributed by atoms with van der Waals surface area (Å²) in [6, 6.07) is 0. The van der Waals surface area contributed by atoms with E-state index in [1.54, 1.807) is 0 Å². The number of aliphatic hydroxyl groups is 1. The Labute approximate surface area is 197 Å². The number of rotatable bonds is 0. The van der Waals surface area contributed by atoms with Crippen LogP contribution in [0.4, 0.5) is 0 Å². The largest absolute Gasteiger partial charge is 0.393 e. The summed E-state index contributed by atoms with van der Waals surface area (Å²) in [5, 5.41) is 11.7. The van der Waals surface area contributed by atoms with Crippen LogP contribution in [-0.2, 0) is 4.79 Å². The predicted octanol–water partition coefficient (Wildman–Crippen LogP) is 7.35. The van der Waals surface area contributed by atoms with Gasteiger partial charge in [0, 0.05) is 17.8 Å². The Morgan fingerprint density at radius 3 is 2.16 bits per heavy atom. The number of aliphatic hydroxyl groups excluding tert-OH is 1. The molecule has 0 saturated heterocycles. The van der Waals surface area contributed by atoms with E-state index in [-0.39, 0.29) is 28.3 Å². The molecule has 0 aromatic heterocycles. The van der Waals surface area contributed by atoms with Gasteiger partial charge in [0.2, 0.25) is 0 Å². The fourth-order valence-corrected chi connectivity index (χ4v) is 11.2. The van der Waals surface area contributed by atoms with Gasteiger partial charge in [-0.05, 0) is 96.7 Å². The van der Waals surface area contributed by atoms with Gasteiger partial charge in [-0.25, -0.2) is 0 Å². The van der Waals surface area contributed by atoms with Gasteiger partial charge in [-0.1, -0.05) is 60.6 Å². The highest BCUT2D eigenvalue weighted by atomic mass is 16.3. The summed E-state index contributed by atoms with van der Waals surface area (Å²) in [6.45, 7) is 21.4. The lowest BCUT2D eigenvalue weighted by molar-refractivity contribution is -0.251. The summed E-state index contributed by atoms with van der Waals surface area (Å²) in [5.41, 5.74) is 2.26. The summed E-state index contributed by atoms with van der Waals surface area (Å²) >= 11 is 0. The summed E-state index contributed by atoms with van der Waals surface area (Å²) in [4.78, 5) is 12.9. The first kappa shape index (κ1) is 23.1. The Kier molecular flexibility index (Phi) is 4.71. The van der Waals surface area contributed by atoms with Crippen molar-refractivity contribution in [2.45, 2.75) is 119 Å². The molecule has 0 aromatic carbocycles. The molecule has 0 aliphatic heterocycles. The van der Waals surface area contributed by atoms with Crippen molar-refractivity contribution in [2.24, 2.45) is 50.2 Å². The number of carbonyl (C=O) groups is 1. The molecule has 1 N–H and O–H groups in total. The minimum Gasteiger partial charge on any atom is -0.393 e. The van der Waals surface area contributed by atoms with E-state index < -0.39 is 5.41 Å². The van der Waals surface area contributed by atoms with Crippen LogP contribution in [0.2, 0.25) is 0 Å². The van der Waals surface area contributed by atoms with E-state index in [0.29, 0.717) is 29.0 Å². The molecule has 2 nitrogen and oxygen atoms in total. The van der Waals surface area contributed by atoms with E-state index in [4.69, 9.17) is 0 Å². The van der Waals surface area contributed by atoms with E-state index in [0.717, 1.165) is 18.8 Å². The van der Waals surface area contributed by atoms with Crippen molar-refractivity contribution in [3.05, 3.63) is 12.2 Å². The molecule has 5 aliphatic rings. The van der Waals surface area contributed by atoms with Crippen molar-refractivity contribution >= 4 is 5.78 Å². The zero-order valence-corrected chi connectivity index (χ0v) is 21.9. The number of allylic oxidation sites excluding steroid dienone is 1. The summed E-state index contributed by atoms with van der Waals surface area (Å²) in [6.07, 6.45) is 11.1. The lowest BCUT2D eigenvalue weighted by Crippen LogP contribution is -2.68. The Hall–Kier alpha value is -0.630. The highest BCUT2D eigenvalue weighted by Crippen LogP contribution is 2.76. The Bertz CT molecular complexity index is 853. The van der Waals surface area contributed by atoms with Crippen LogP contribution in [0.5, 0.6) is 0 Å². The van der Waals surface area contributed by atoms with E-state index in [9.17, 15) is 9.90 Å². The van der Waals surface area contributed by atoms with E-state index >= 15 is 0 Å². The van der Waals surface area contributed by atoms with E-state index in [2.05, 4.69) is 55.0 Å². The van der Waals surface area contributed by atoms with Crippen molar-refractivity contribution in [2.75, 3.05) is 0 Å². The smallest absolute Gasteiger partial charge is 0.138 e. The van der Waals surface area contributed by atoms with Crippen LogP contribution >= 0.6 is 0 Å². The standard InChI is InChI=1S/C30H48O2/c1-19-11-13-25(2,3)30(19)16-15-28(7)20(17-30)9-10-22-27(6)14-12-23(32)26(4,5)24(27)21(31)18-29(22,28)8/h20-22,24,31H,1,9-18H2,2-8H3/t20-,21-,22-,24+,27-,28-,29-,30+/m1/s1. The number of fused-ring (bicyclic) bond motifs is 5. The molecule has 0 bridgehead atoms. The fourth-order valence-electron chi connectivity index (χ4n) is 11.2. The minimum absolute atomic E-state index is 0.0587. The van der Waals surface area contributed by atoms with Crippen LogP contribution in [-0.4, -0.2) is 17.0 Å². The highest BCUT2D eigenvalue weighted by Gasteiger charge is 2.71. The van der Waals surface area contributed by atoms with Crippen LogP contribution in [0.3, 0.4) is 0 Å². The maximum Gasteiger partial charge on any atom is 0.138 e. The molecule has 0 heterocycles. The van der Waals surface area contributed by atoms with Crippen LogP contribution in [0.15, 0.2) is 12.2 Å². The summed E-state index contributed by atoms with van der Waals surface area (Å²) in [7, 11) is 0. The zero-order chi connectivity index (χ0) is 23.5. The molecule has 5 fully saturated rings. The second-order valence-electron chi connectivity index (χ2n) is 14.8. The molecular formula is C30H48O2. The number of Topliss-reactive ketones (excluding diaryl/α,β-unsaturated/α-hetero) is 1. The van der Waals surface area contributed by atoms with E-state index in [1.165, 1.54) is 50.5 Å². The second-order valence-corrected chi connectivity index (χ2v) is 14.8. The van der Waals surface area contributed by atoms with Gasteiger partial charge in [-0.2, -0.15) is 0 Å². The van der Waals surface area contributed by atoms with Gasteiger partial charge < -0.3 is 5.11 Å². The maximum atomic E-state index is 12.9. The van der Waals surface area contributed by atoms with Gasteiger partial charge >= 0.3 is 0 Å². The maximum absolute atomic E-state index is 12.9. The second kappa shape index (κ2) is 6.52. The SMILES string of the molecule is C=C1CCC(C)(C)[C@]12CC[C@]1(C)[C@H](CC[C@@H]3[C@@]4(C)CCC(=O)C(C)(C)[C@@H]4[C@H](O)C[C@]31C)C2. The van der Waals surface area contributed by atoms with Gasteiger partial charge in [0.05, 0.1) is 6.10 Å². The average molecular weight is 441 g/mol. The third kappa shape index (κ3) is 2.49. The quantitative estimate of drug-likeness (QED) is 0.400. The molecule has 5 saturated carbocycles. The lowest BCUT2D eigenvalue weighted by atomic mass is 9.32. The molecule has 1 spiro atoms. The Morgan fingerprint density at radius 1 is 0.844 bits per heavy atom. The molecule has 0 radical (unpaired) electrons. The predicted molar refractivity (Wildman–Crippen MR) is 131 cm³/mol. The molecule has 32 heavy (non-hydrogen) atoms. The first-order valence-corrected chi connectivity index (χ1v) is 13.6. The number of hydrogen-bond donors (Lipinski definition) is 1. The number of carbonyl (C=O) groups excluding carboxylic acids is 1. The van der Waals surface area contributed by atoms with Gasteiger partial charge in [0.25, 0.3) is 0 Å². The minimum atomic E-state index is -0.409. The van der Waals surface area contributed by atoms with Crippen molar-refractivity contribution in [1.82, 2.24) is 0 Å². The number of ketones is 1. The molecular weight excluding hydrogens is 392 g/mol. The third-order valence-electron chi connectivity index (χ3n) is 13.4. The van der Waals surface area contributed by atoms with Crippen molar-refractivity contribution in [3.8, 4) is 0 Å². The fraction of sp³-hybridized carbons (Fsp3) is 0.900. The molecule has 0 amide bonds. The van der Waals surface area contributed by atoms with Gasteiger partial charge in [-0.15, -0.1) is 0 Å². The molecule has 8 atom stereocenters. The third-order valence-corrected chi connectivity index (χ3v) is 13.4. The summed E-state index contributed by atoms with van der Waals surface area (Å²) in [5.74, 6) is 1.78. The van der Waals surface area contributed by atoms with Crippen LogP contribution in [0.25, 0.3) is 0 Å². The van der Waals surface area contributed by atoms with Crippen molar-refractivity contribution in [3.63, 3.8) is 0 Å². The highest BCUT2D eigenvalue weighted by molar-refractivity contribution is 5.85. The van der Waals surface area contributed by atoms with E-state index in [1.807, 2.05) is 0 Å². The monoisotopic (exact) mass is 440 g/mol. The first-order chi connectivity index (χ1) is 14.7. The summed E-state index contributed by atoms with van der Waals surface area (Å²) < 4.78 is 0. The molecule has 180 valence electrons. The lowest BCUT2D eigenvalue weighted by Gasteiger charge is -2.72. The van der Waals surface area contributed by atoms with Crippen LogP contribution < -0.4 is 0 Å². The number of hydrogen-bond acceptors (Lipinski definition) is 2. The molecule has 2 heteroatoms. The average Bonchev–Trinajstić information content (AvgIpc) is 2.89.